The summed E-state index contributed by atoms with van der Waals surface area (Å²) in [5.74, 6) is 0.169. The number of nitrogens with two attached hydrogens (primary N) is 1. The molecule has 84 valence electrons. The van der Waals surface area contributed by atoms with Gasteiger partial charge in [0.15, 0.2) is 17.3 Å². The van der Waals surface area contributed by atoms with Crippen LogP contribution in [0.25, 0.3) is 0 Å². The molecule has 0 spiro atoms. The van der Waals surface area contributed by atoms with Crippen molar-refractivity contribution in [2.45, 2.75) is 12.8 Å². The van der Waals surface area contributed by atoms with Crippen LogP contribution in [-0.2, 0) is 6.42 Å². The molecule has 0 saturated carbocycles. The van der Waals surface area contributed by atoms with Gasteiger partial charge in [0.2, 0.25) is 0 Å². The summed E-state index contributed by atoms with van der Waals surface area (Å²) in [6, 6.07) is 3.23. The lowest BCUT2D eigenvalue weighted by atomic mass is 10.1. The molecule has 0 atom stereocenters. The molecule has 0 unspecified atom stereocenters. The molecule has 4 heteroatoms. The normalized spacial score (nSPS) is 10.1. The van der Waals surface area contributed by atoms with Gasteiger partial charge in [0.25, 0.3) is 0 Å². The van der Waals surface area contributed by atoms with Crippen molar-refractivity contribution in [2.75, 3.05) is 20.8 Å². The molecule has 1 rings (SSSR count). The Labute approximate surface area is 89.0 Å². The Balaban J connectivity index is 2.97. The molecule has 0 amide bonds. The fraction of sp³-hybridized carbons (Fsp3) is 0.455. The molecule has 0 heterocycles. The number of methoxy groups -OCH3 is 2. The van der Waals surface area contributed by atoms with Crippen molar-refractivity contribution in [3.63, 3.8) is 0 Å². The van der Waals surface area contributed by atoms with Gasteiger partial charge in [-0.05, 0) is 37.1 Å². The van der Waals surface area contributed by atoms with Crippen molar-refractivity contribution >= 4 is 0 Å². The Bertz CT molecular complexity index is 329. The van der Waals surface area contributed by atoms with Crippen LogP contribution >= 0.6 is 0 Å². The first-order chi connectivity index (χ1) is 7.22. The maximum Gasteiger partial charge on any atom is 0.196 e. The average molecular weight is 213 g/mol. The molecule has 0 bridgehead atoms. The molecule has 15 heavy (non-hydrogen) atoms. The third-order valence-corrected chi connectivity index (χ3v) is 2.16. The zero-order valence-corrected chi connectivity index (χ0v) is 9.05. The van der Waals surface area contributed by atoms with E-state index in [9.17, 15) is 4.39 Å². The van der Waals surface area contributed by atoms with E-state index in [-0.39, 0.29) is 5.75 Å². The smallest absolute Gasteiger partial charge is 0.196 e. The number of hydrogen-bond acceptors (Lipinski definition) is 3. The maximum atomic E-state index is 13.5. The van der Waals surface area contributed by atoms with Gasteiger partial charge in [-0.1, -0.05) is 0 Å². The number of ether oxygens (including phenoxy) is 2. The number of hydrogen-bond donors (Lipinski definition) is 1. The number of benzene rings is 1. The van der Waals surface area contributed by atoms with E-state index in [1.54, 1.807) is 6.07 Å². The first-order valence-electron chi connectivity index (χ1n) is 4.83. The van der Waals surface area contributed by atoms with Gasteiger partial charge in [-0.15, -0.1) is 0 Å². The fourth-order valence-electron chi connectivity index (χ4n) is 1.42. The molecule has 3 nitrogen and oxygen atoms in total. The molecule has 0 aliphatic rings. The second-order valence-corrected chi connectivity index (χ2v) is 3.21. The van der Waals surface area contributed by atoms with Gasteiger partial charge < -0.3 is 15.2 Å². The molecule has 2 N–H and O–H groups in total. The van der Waals surface area contributed by atoms with Crippen molar-refractivity contribution < 1.29 is 13.9 Å². The quantitative estimate of drug-likeness (QED) is 0.810. The molecule has 1 aromatic carbocycles. The fourth-order valence-corrected chi connectivity index (χ4v) is 1.42. The Morgan fingerprint density at radius 3 is 2.53 bits per heavy atom. The zero-order chi connectivity index (χ0) is 11.3. The molecular weight excluding hydrogens is 197 g/mol. The van der Waals surface area contributed by atoms with Crippen LogP contribution in [0.15, 0.2) is 12.1 Å². The maximum absolute atomic E-state index is 13.5. The highest BCUT2D eigenvalue weighted by Gasteiger charge is 2.11. The van der Waals surface area contributed by atoms with E-state index in [2.05, 4.69) is 0 Å². The summed E-state index contributed by atoms with van der Waals surface area (Å²) in [6.07, 6.45) is 1.57. The van der Waals surface area contributed by atoms with Crippen LogP contribution in [0.5, 0.6) is 11.5 Å². The predicted octanol–water partition coefficient (Wildman–Crippen LogP) is 1.73. The van der Waals surface area contributed by atoms with Gasteiger partial charge in [-0.2, -0.15) is 0 Å². The van der Waals surface area contributed by atoms with Gasteiger partial charge in [0.1, 0.15) is 0 Å². The van der Waals surface area contributed by atoms with Crippen molar-refractivity contribution in [2.24, 2.45) is 5.73 Å². The summed E-state index contributed by atoms with van der Waals surface area (Å²) in [4.78, 5) is 0. The highest BCUT2D eigenvalue weighted by atomic mass is 19.1. The Morgan fingerprint density at radius 1 is 1.27 bits per heavy atom. The third kappa shape index (κ3) is 2.83. The number of halogens is 1. The summed E-state index contributed by atoms with van der Waals surface area (Å²) < 4.78 is 23.4. The molecule has 0 fully saturated rings. The van der Waals surface area contributed by atoms with E-state index in [1.165, 1.54) is 20.3 Å². The first-order valence-corrected chi connectivity index (χ1v) is 4.83. The molecule has 0 saturated heterocycles. The van der Waals surface area contributed by atoms with Crippen LogP contribution in [0.2, 0.25) is 0 Å². The second kappa shape index (κ2) is 5.56. The standard InChI is InChI=1S/C11H16FNO2/c1-14-10-7-8(4-3-5-13)6-9(12)11(10)15-2/h6-7H,3-5,13H2,1-2H3. The number of rotatable bonds is 5. The first kappa shape index (κ1) is 11.8. The summed E-state index contributed by atoms with van der Waals surface area (Å²) in [7, 11) is 2.91. The van der Waals surface area contributed by atoms with E-state index >= 15 is 0 Å². The summed E-state index contributed by atoms with van der Waals surface area (Å²) in [5, 5.41) is 0. The summed E-state index contributed by atoms with van der Waals surface area (Å²) in [6.45, 7) is 0.593. The minimum atomic E-state index is -0.399. The Hall–Kier alpha value is -1.29. The van der Waals surface area contributed by atoms with E-state index in [0.717, 1.165) is 18.4 Å². The van der Waals surface area contributed by atoms with E-state index < -0.39 is 5.82 Å². The van der Waals surface area contributed by atoms with E-state index in [0.29, 0.717) is 12.3 Å². The van der Waals surface area contributed by atoms with Gasteiger partial charge in [0.05, 0.1) is 14.2 Å². The van der Waals surface area contributed by atoms with Crippen LogP contribution in [-0.4, -0.2) is 20.8 Å². The SMILES string of the molecule is COc1cc(CCCN)cc(F)c1OC. The highest BCUT2D eigenvalue weighted by molar-refractivity contribution is 5.44. The lowest BCUT2D eigenvalue weighted by Gasteiger charge is -2.10. The topological polar surface area (TPSA) is 44.5 Å². The minimum Gasteiger partial charge on any atom is -0.493 e. The zero-order valence-electron chi connectivity index (χ0n) is 9.05. The molecule has 0 aromatic heterocycles. The largest absolute Gasteiger partial charge is 0.493 e. The Morgan fingerprint density at radius 2 is 2.00 bits per heavy atom. The van der Waals surface area contributed by atoms with Crippen LogP contribution in [0.4, 0.5) is 4.39 Å². The lowest BCUT2D eigenvalue weighted by molar-refractivity contribution is 0.337. The Kier molecular flexibility index (Phi) is 4.37. The second-order valence-electron chi connectivity index (χ2n) is 3.21. The van der Waals surface area contributed by atoms with E-state index in [4.69, 9.17) is 15.2 Å². The van der Waals surface area contributed by atoms with Crippen LogP contribution in [0.1, 0.15) is 12.0 Å². The van der Waals surface area contributed by atoms with Gasteiger partial charge >= 0.3 is 0 Å². The molecule has 0 aliphatic carbocycles. The minimum absolute atomic E-state index is 0.147. The van der Waals surface area contributed by atoms with Crippen LogP contribution < -0.4 is 15.2 Å². The molecular formula is C11H16FNO2. The number of aryl methyl sites for hydroxylation is 1. The van der Waals surface area contributed by atoms with Crippen LogP contribution in [0.3, 0.4) is 0 Å². The van der Waals surface area contributed by atoms with Gasteiger partial charge in [-0.3, -0.25) is 0 Å². The molecule has 0 aliphatic heterocycles. The molecule has 1 aromatic rings. The van der Waals surface area contributed by atoms with Crippen molar-refractivity contribution in [1.29, 1.82) is 0 Å². The summed E-state index contributed by atoms with van der Waals surface area (Å²) >= 11 is 0. The third-order valence-electron chi connectivity index (χ3n) is 2.16. The lowest BCUT2D eigenvalue weighted by Crippen LogP contribution is -2.01. The average Bonchev–Trinajstić information content (AvgIpc) is 2.25. The van der Waals surface area contributed by atoms with Crippen molar-refractivity contribution in [3.8, 4) is 11.5 Å². The predicted molar refractivity (Wildman–Crippen MR) is 56.9 cm³/mol. The van der Waals surface area contributed by atoms with Crippen LogP contribution in [0, 0.1) is 5.82 Å². The van der Waals surface area contributed by atoms with Gasteiger partial charge in [-0.25, -0.2) is 4.39 Å². The van der Waals surface area contributed by atoms with Crippen molar-refractivity contribution in [3.05, 3.63) is 23.5 Å². The van der Waals surface area contributed by atoms with Gasteiger partial charge in [0, 0.05) is 0 Å². The van der Waals surface area contributed by atoms with E-state index in [1.807, 2.05) is 0 Å². The molecule has 0 radical (unpaired) electrons. The highest BCUT2D eigenvalue weighted by Crippen LogP contribution is 2.31. The van der Waals surface area contributed by atoms with Crippen molar-refractivity contribution in [1.82, 2.24) is 0 Å². The summed E-state index contributed by atoms with van der Waals surface area (Å²) in [5.41, 5.74) is 6.26. The monoisotopic (exact) mass is 213 g/mol.